The monoisotopic (exact) mass is 250 g/mol. The summed E-state index contributed by atoms with van der Waals surface area (Å²) >= 11 is 0. The molecular weight excluding hydrogens is 228 g/mol. The van der Waals surface area contributed by atoms with E-state index in [0.29, 0.717) is 6.54 Å². The zero-order valence-electron chi connectivity index (χ0n) is 11.2. The largest absolute Gasteiger partial charge is 0.394 e. The molecule has 1 atom stereocenters. The zero-order valence-corrected chi connectivity index (χ0v) is 11.2. The first-order valence-corrected chi connectivity index (χ1v) is 6.16. The van der Waals surface area contributed by atoms with Gasteiger partial charge in [-0.2, -0.15) is 0 Å². The molecule has 1 aromatic rings. The number of nitrogens with one attached hydrogen (secondary N) is 2. The van der Waals surface area contributed by atoms with E-state index in [1.54, 1.807) is 6.92 Å². The quantitative estimate of drug-likeness (QED) is 0.744. The fraction of sp³-hybridized carbons (Fsp3) is 0.500. The molecule has 0 saturated carbocycles. The van der Waals surface area contributed by atoms with E-state index in [0.717, 1.165) is 0 Å². The third kappa shape index (κ3) is 4.37. The van der Waals surface area contributed by atoms with Gasteiger partial charge in [0.25, 0.3) is 0 Å². The Labute approximate surface area is 108 Å². The summed E-state index contributed by atoms with van der Waals surface area (Å²) < 4.78 is 0. The molecule has 0 aliphatic heterocycles. The van der Waals surface area contributed by atoms with E-state index in [2.05, 4.69) is 36.6 Å². The van der Waals surface area contributed by atoms with Gasteiger partial charge in [0.1, 0.15) is 0 Å². The number of aliphatic hydroxyl groups is 1. The van der Waals surface area contributed by atoms with Crippen molar-refractivity contribution >= 4 is 6.03 Å². The molecule has 0 heterocycles. The number of aliphatic hydroxyl groups excluding tert-OH is 1. The molecule has 0 aliphatic rings. The first kappa shape index (κ1) is 14.5. The van der Waals surface area contributed by atoms with Crippen LogP contribution in [0.3, 0.4) is 0 Å². The smallest absolute Gasteiger partial charge is 0.315 e. The maximum Gasteiger partial charge on any atom is 0.315 e. The number of amides is 2. The summed E-state index contributed by atoms with van der Waals surface area (Å²) in [7, 11) is 0. The van der Waals surface area contributed by atoms with Crippen LogP contribution in [0, 0.1) is 0 Å². The number of rotatable bonds is 5. The van der Waals surface area contributed by atoms with Crippen molar-refractivity contribution in [2.45, 2.75) is 32.2 Å². The Morgan fingerprint density at radius 3 is 2.50 bits per heavy atom. The first-order chi connectivity index (χ1) is 8.45. The molecule has 3 N–H and O–H groups in total. The highest BCUT2D eigenvalue weighted by Gasteiger charge is 2.21. The predicted molar refractivity (Wildman–Crippen MR) is 72.6 cm³/mol. The third-order valence-corrected chi connectivity index (χ3v) is 2.90. The zero-order chi connectivity index (χ0) is 13.6. The van der Waals surface area contributed by atoms with Gasteiger partial charge >= 0.3 is 6.03 Å². The molecule has 2 amide bonds. The fourth-order valence-corrected chi connectivity index (χ4v) is 1.61. The summed E-state index contributed by atoms with van der Waals surface area (Å²) in [5, 5.41) is 14.3. The van der Waals surface area contributed by atoms with Gasteiger partial charge in [-0.1, -0.05) is 44.2 Å². The van der Waals surface area contributed by atoms with Gasteiger partial charge in [-0.3, -0.25) is 0 Å². The van der Waals surface area contributed by atoms with Crippen molar-refractivity contribution in [1.82, 2.24) is 10.6 Å². The number of carbonyl (C=O) groups is 1. The molecule has 1 unspecified atom stereocenters. The summed E-state index contributed by atoms with van der Waals surface area (Å²) in [6.45, 7) is 6.40. The average Bonchev–Trinajstić information content (AvgIpc) is 2.37. The van der Waals surface area contributed by atoms with Crippen molar-refractivity contribution in [2.75, 3.05) is 13.2 Å². The Morgan fingerprint density at radius 1 is 1.33 bits per heavy atom. The molecule has 0 fully saturated rings. The van der Waals surface area contributed by atoms with Crippen LogP contribution in [-0.2, 0) is 5.41 Å². The third-order valence-electron chi connectivity index (χ3n) is 2.90. The minimum atomic E-state index is -0.249. The van der Waals surface area contributed by atoms with Crippen molar-refractivity contribution in [1.29, 1.82) is 0 Å². The number of carbonyl (C=O) groups excluding carboxylic acids is 1. The van der Waals surface area contributed by atoms with Crippen LogP contribution < -0.4 is 10.6 Å². The van der Waals surface area contributed by atoms with Gasteiger partial charge in [0.15, 0.2) is 0 Å². The summed E-state index contributed by atoms with van der Waals surface area (Å²) in [5.41, 5.74) is 1.06. The lowest BCUT2D eigenvalue weighted by Gasteiger charge is -2.26. The summed E-state index contributed by atoms with van der Waals surface area (Å²) in [6.07, 6.45) is 0. The number of hydrogen-bond acceptors (Lipinski definition) is 2. The van der Waals surface area contributed by atoms with Gasteiger partial charge in [-0.05, 0) is 12.5 Å². The molecule has 1 rings (SSSR count). The molecule has 1 aromatic carbocycles. The molecule has 4 heteroatoms. The van der Waals surface area contributed by atoms with Crippen LogP contribution in [0.2, 0.25) is 0 Å². The molecule has 100 valence electrons. The summed E-state index contributed by atoms with van der Waals surface area (Å²) in [6, 6.07) is 9.58. The minimum Gasteiger partial charge on any atom is -0.394 e. The van der Waals surface area contributed by atoms with E-state index in [1.807, 2.05) is 18.2 Å². The molecule has 0 bridgehead atoms. The lowest BCUT2D eigenvalue weighted by Crippen LogP contribution is -2.46. The topological polar surface area (TPSA) is 61.4 Å². The van der Waals surface area contributed by atoms with E-state index in [1.165, 1.54) is 5.56 Å². The molecule has 0 aromatic heterocycles. The molecule has 0 saturated heterocycles. The number of benzene rings is 1. The average molecular weight is 250 g/mol. The van der Waals surface area contributed by atoms with Crippen LogP contribution in [0.5, 0.6) is 0 Å². The Bertz CT molecular complexity index is 377. The second-order valence-electron chi connectivity index (χ2n) is 5.16. The number of hydrogen-bond donors (Lipinski definition) is 3. The van der Waals surface area contributed by atoms with Gasteiger partial charge in [-0.15, -0.1) is 0 Å². The molecule has 0 radical (unpaired) electrons. The van der Waals surface area contributed by atoms with Crippen molar-refractivity contribution < 1.29 is 9.90 Å². The maximum atomic E-state index is 11.6. The van der Waals surface area contributed by atoms with E-state index in [9.17, 15) is 4.79 Å². The van der Waals surface area contributed by atoms with Crippen LogP contribution in [-0.4, -0.2) is 30.3 Å². The van der Waals surface area contributed by atoms with Crippen LogP contribution >= 0.6 is 0 Å². The van der Waals surface area contributed by atoms with E-state index < -0.39 is 0 Å². The molecule has 4 nitrogen and oxygen atoms in total. The minimum absolute atomic E-state index is 0.0600. The maximum absolute atomic E-state index is 11.6. The molecular formula is C14H22N2O2. The Morgan fingerprint density at radius 2 is 1.94 bits per heavy atom. The van der Waals surface area contributed by atoms with Gasteiger partial charge in [0.2, 0.25) is 0 Å². The predicted octanol–water partition coefficient (Wildman–Crippen LogP) is 1.64. The van der Waals surface area contributed by atoms with E-state index in [4.69, 9.17) is 5.11 Å². The van der Waals surface area contributed by atoms with Gasteiger partial charge in [0, 0.05) is 12.0 Å². The highest BCUT2D eigenvalue weighted by molar-refractivity contribution is 5.74. The van der Waals surface area contributed by atoms with Gasteiger partial charge in [0.05, 0.1) is 12.6 Å². The fourth-order valence-electron chi connectivity index (χ4n) is 1.61. The molecule has 0 aliphatic carbocycles. The lowest BCUT2D eigenvalue weighted by atomic mass is 9.85. The van der Waals surface area contributed by atoms with E-state index >= 15 is 0 Å². The Balaban J connectivity index is 2.50. The highest BCUT2D eigenvalue weighted by Crippen LogP contribution is 2.21. The summed E-state index contributed by atoms with van der Waals surface area (Å²) in [5.74, 6) is 0. The van der Waals surface area contributed by atoms with E-state index in [-0.39, 0.29) is 24.1 Å². The van der Waals surface area contributed by atoms with Crippen LogP contribution in [0.4, 0.5) is 4.79 Å². The number of urea groups is 1. The Kier molecular flexibility index (Phi) is 5.16. The lowest BCUT2D eigenvalue weighted by molar-refractivity contribution is 0.218. The Hall–Kier alpha value is -1.55. The highest BCUT2D eigenvalue weighted by atomic mass is 16.3. The van der Waals surface area contributed by atoms with Crippen molar-refractivity contribution in [3.8, 4) is 0 Å². The normalized spacial score (nSPS) is 12.9. The second kappa shape index (κ2) is 6.40. The summed E-state index contributed by atoms with van der Waals surface area (Å²) in [4.78, 5) is 11.6. The van der Waals surface area contributed by atoms with Crippen molar-refractivity contribution in [2.24, 2.45) is 0 Å². The standard InChI is InChI=1S/C14H22N2O2/c1-11(9-17)16-13(18)15-10-14(2,3)12-7-5-4-6-8-12/h4-8,11,17H,9-10H2,1-3H3,(H2,15,16,18). The van der Waals surface area contributed by atoms with Gasteiger partial charge < -0.3 is 15.7 Å². The van der Waals surface area contributed by atoms with Crippen molar-refractivity contribution in [3.05, 3.63) is 35.9 Å². The first-order valence-electron chi connectivity index (χ1n) is 6.16. The second-order valence-corrected chi connectivity index (χ2v) is 5.16. The molecule has 18 heavy (non-hydrogen) atoms. The van der Waals surface area contributed by atoms with Crippen LogP contribution in [0.15, 0.2) is 30.3 Å². The van der Waals surface area contributed by atoms with Crippen molar-refractivity contribution in [3.63, 3.8) is 0 Å². The SMILES string of the molecule is CC(CO)NC(=O)NCC(C)(C)c1ccccc1. The van der Waals surface area contributed by atoms with Crippen LogP contribution in [0.1, 0.15) is 26.3 Å². The van der Waals surface area contributed by atoms with Crippen LogP contribution in [0.25, 0.3) is 0 Å². The molecule has 0 spiro atoms. The van der Waals surface area contributed by atoms with Gasteiger partial charge in [-0.25, -0.2) is 4.79 Å².